The van der Waals surface area contributed by atoms with Gasteiger partial charge in [0.15, 0.2) is 5.76 Å². The Labute approximate surface area is 160 Å². The van der Waals surface area contributed by atoms with Crippen LogP contribution in [0.3, 0.4) is 0 Å². The van der Waals surface area contributed by atoms with E-state index in [-0.39, 0.29) is 23.1 Å². The molecule has 0 aliphatic carbocycles. The molecule has 0 unspecified atom stereocenters. The van der Waals surface area contributed by atoms with Crippen molar-refractivity contribution in [3.8, 4) is 17.2 Å². The first kappa shape index (κ1) is 17.6. The molecule has 6 heteroatoms. The number of Topliss-reactive ketones (excluding diaryl/α,β-unsaturated/α-hetero) is 1. The summed E-state index contributed by atoms with van der Waals surface area (Å²) >= 11 is 0. The molecular formula is C22H16O6. The maximum absolute atomic E-state index is 12.8. The third-order valence-electron chi connectivity index (χ3n) is 4.30. The van der Waals surface area contributed by atoms with E-state index in [4.69, 9.17) is 18.6 Å². The van der Waals surface area contributed by atoms with Crippen LogP contribution in [0.1, 0.15) is 32.0 Å². The van der Waals surface area contributed by atoms with E-state index >= 15 is 0 Å². The molecule has 3 aromatic rings. The van der Waals surface area contributed by atoms with Crippen LogP contribution in [0, 0.1) is 6.92 Å². The number of ether oxygens (including phenoxy) is 3. The predicted octanol–water partition coefficient (Wildman–Crippen LogP) is 4.43. The van der Waals surface area contributed by atoms with Gasteiger partial charge in [0.25, 0.3) is 0 Å². The average Bonchev–Trinajstić information content (AvgIpc) is 3.31. The van der Waals surface area contributed by atoms with Crippen molar-refractivity contribution in [3.63, 3.8) is 0 Å². The number of esters is 1. The zero-order valence-electron chi connectivity index (χ0n) is 15.2. The Balaban J connectivity index is 1.64. The average molecular weight is 376 g/mol. The molecule has 0 fully saturated rings. The molecule has 0 saturated carbocycles. The Bertz CT molecular complexity index is 1090. The first-order valence-electron chi connectivity index (χ1n) is 8.54. The Kier molecular flexibility index (Phi) is 4.45. The predicted molar refractivity (Wildman–Crippen MR) is 101 cm³/mol. The zero-order valence-corrected chi connectivity index (χ0v) is 15.2. The molecule has 1 aliphatic rings. The Morgan fingerprint density at radius 1 is 1.11 bits per heavy atom. The van der Waals surface area contributed by atoms with Crippen molar-refractivity contribution in [2.75, 3.05) is 7.11 Å². The molecule has 1 aliphatic heterocycles. The molecule has 0 N–H and O–H groups in total. The van der Waals surface area contributed by atoms with Crippen LogP contribution in [0.25, 0.3) is 6.08 Å². The van der Waals surface area contributed by atoms with Crippen molar-refractivity contribution < 1.29 is 28.2 Å². The van der Waals surface area contributed by atoms with Gasteiger partial charge in [0.2, 0.25) is 11.5 Å². The number of carbonyl (C=O) groups excluding carboxylic acids is 2. The number of para-hydroxylation sites is 1. The standard InChI is InChI=1S/C22H16O6/c1-13-10-15(27-22(24)17-8-5-9-26-17)12-18-20(13)21(23)19(28-18)11-14-6-3-4-7-16(14)25-2/h3-12H,1-2H3/b19-11-. The van der Waals surface area contributed by atoms with Gasteiger partial charge >= 0.3 is 5.97 Å². The first-order valence-corrected chi connectivity index (χ1v) is 8.54. The van der Waals surface area contributed by atoms with Gasteiger partial charge in [-0.25, -0.2) is 4.79 Å². The molecular weight excluding hydrogens is 360 g/mol. The molecule has 0 amide bonds. The van der Waals surface area contributed by atoms with Crippen LogP contribution in [0.4, 0.5) is 0 Å². The minimum atomic E-state index is -0.626. The highest BCUT2D eigenvalue weighted by molar-refractivity contribution is 6.15. The van der Waals surface area contributed by atoms with Crippen LogP contribution in [0.2, 0.25) is 0 Å². The van der Waals surface area contributed by atoms with E-state index in [9.17, 15) is 9.59 Å². The molecule has 28 heavy (non-hydrogen) atoms. The molecule has 0 bridgehead atoms. The number of aryl methyl sites for hydroxylation is 1. The monoisotopic (exact) mass is 376 g/mol. The highest BCUT2D eigenvalue weighted by Gasteiger charge is 2.30. The summed E-state index contributed by atoms with van der Waals surface area (Å²) < 4.78 is 21.4. The number of ketones is 1. The van der Waals surface area contributed by atoms with Gasteiger partial charge < -0.3 is 18.6 Å². The molecule has 0 saturated heterocycles. The summed E-state index contributed by atoms with van der Waals surface area (Å²) in [6.07, 6.45) is 3.02. The molecule has 4 rings (SSSR count). The maximum Gasteiger partial charge on any atom is 0.379 e. The van der Waals surface area contributed by atoms with Crippen molar-refractivity contribution in [2.45, 2.75) is 6.92 Å². The maximum atomic E-state index is 12.8. The van der Waals surface area contributed by atoms with Gasteiger partial charge in [-0.2, -0.15) is 0 Å². The second kappa shape index (κ2) is 7.08. The lowest BCUT2D eigenvalue weighted by Crippen LogP contribution is -2.07. The van der Waals surface area contributed by atoms with Crippen molar-refractivity contribution in [1.82, 2.24) is 0 Å². The Morgan fingerprint density at radius 3 is 2.68 bits per heavy atom. The van der Waals surface area contributed by atoms with Crippen molar-refractivity contribution in [1.29, 1.82) is 0 Å². The number of furan rings is 1. The third-order valence-corrected chi connectivity index (χ3v) is 4.30. The second-order valence-corrected chi connectivity index (χ2v) is 6.16. The fraction of sp³-hybridized carbons (Fsp3) is 0.0909. The minimum absolute atomic E-state index is 0.0897. The van der Waals surface area contributed by atoms with Gasteiger partial charge in [0, 0.05) is 11.6 Å². The van der Waals surface area contributed by atoms with Crippen LogP contribution >= 0.6 is 0 Å². The molecule has 6 nitrogen and oxygen atoms in total. The van der Waals surface area contributed by atoms with Crippen molar-refractivity contribution in [3.05, 3.63) is 83.0 Å². The summed E-state index contributed by atoms with van der Waals surface area (Å²) in [7, 11) is 1.56. The van der Waals surface area contributed by atoms with E-state index in [1.807, 2.05) is 18.2 Å². The Hall–Kier alpha value is -3.80. The topological polar surface area (TPSA) is 75.0 Å². The van der Waals surface area contributed by atoms with Crippen molar-refractivity contribution >= 4 is 17.8 Å². The number of hydrogen-bond acceptors (Lipinski definition) is 6. The molecule has 0 radical (unpaired) electrons. The number of hydrogen-bond donors (Lipinski definition) is 0. The smallest absolute Gasteiger partial charge is 0.379 e. The number of methoxy groups -OCH3 is 1. The lowest BCUT2D eigenvalue weighted by atomic mass is 10.0. The molecule has 140 valence electrons. The van der Waals surface area contributed by atoms with Crippen molar-refractivity contribution in [2.24, 2.45) is 0 Å². The molecule has 0 atom stereocenters. The van der Waals surface area contributed by atoms with E-state index < -0.39 is 5.97 Å². The lowest BCUT2D eigenvalue weighted by Gasteiger charge is -2.06. The van der Waals surface area contributed by atoms with E-state index in [0.717, 1.165) is 5.56 Å². The summed E-state index contributed by atoms with van der Waals surface area (Å²) in [6, 6.07) is 13.6. The third kappa shape index (κ3) is 3.16. The number of carbonyl (C=O) groups is 2. The summed E-state index contributed by atoms with van der Waals surface area (Å²) in [5.41, 5.74) is 1.82. The number of fused-ring (bicyclic) bond motifs is 1. The minimum Gasteiger partial charge on any atom is -0.496 e. The van der Waals surface area contributed by atoms with E-state index in [0.29, 0.717) is 22.6 Å². The summed E-state index contributed by atoms with van der Waals surface area (Å²) in [4.78, 5) is 24.9. The van der Waals surface area contributed by atoms with E-state index in [2.05, 4.69) is 0 Å². The summed E-state index contributed by atoms with van der Waals surface area (Å²) in [5, 5.41) is 0. The van der Waals surface area contributed by atoms with Crippen LogP contribution in [0.15, 0.2) is 65.0 Å². The quantitative estimate of drug-likeness (QED) is 0.381. The van der Waals surface area contributed by atoms with Crippen LogP contribution in [-0.4, -0.2) is 18.9 Å². The lowest BCUT2D eigenvalue weighted by molar-refractivity contribution is 0.0701. The SMILES string of the molecule is COc1ccccc1/C=C1\Oc2cc(OC(=O)c3ccco3)cc(C)c2C1=O. The highest BCUT2D eigenvalue weighted by Crippen LogP contribution is 2.38. The molecule has 2 aromatic carbocycles. The van der Waals surface area contributed by atoms with E-state index in [1.165, 1.54) is 18.4 Å². The number of allylic oxidation sites excluding steroid dienone is 1. The zero-order chi connectivity index (χ0) is 19.7. The van der Waals surface area contributed by atoms with Gasteiger partial charge in [-0.05, 0) is 42.8 Å². The van der Waals surface area contributed by atoms with Crippen LogP contribution in [0.5, 0.6) is 17.2 Å². The number of rotatable bonds is 4. The fourth-order valence-corrected chi connectivity index (χ4v) is 3.02. The van der Waals surface area contributed by atoms with Gasteiger partial charge in [-0.3, -0.25) is 4.79 Å². The molecule has 1 aromatic heterocycles. The van der Waals surface area contributed by atoms with Gasteiger partial charge in [-0.15, -0.1) is 0 Å². The molecule has 2 heterocycles. The fourth-order valence-electron chi connectivity index (χ4n) is 3.02. The highest BCUT2D eigenvalue weighted by atomic mass is 16.5. The first-order chi connectivity index (χ1) is 13.6. The number of benzene rings is 2. The summed E-state index contributed by atoms with van der Waals surface area (Å²) in [5.74, 6) is 0.648. The van der Waals surface area contributed by atoms with Crippen LogP contribution < -0.4 is 14.2 Å². The Morgan fingerprint density at radius 2 is 1.93 bits per heavy atom. The second-order valence-electron chi connectivity index (χ2n) is 6.16. The van der Waals surface area contributed by atoms with Gasteiger partial charge in [0.1, 0.15) is 17.2 Å². The van der Waals surface area contributed by atoms with E-state index in [1.54, 1.807) is 38.3 Å². The van der Waals surface area contributed by atoms with Crippen LogP contribution in [-0.2, 0) is 0 Å². The normalized spacial score (nSPS) is 13.9. The summed E-state index contributed by atoms with van der Waals surface area (Å²) in [6.45, 7) is 1.76. The largest absolute Gasteiger partial charge is 0.496 e. The molecule has 0 spiro atoms. The van der Waals surface area contributed by atoms with Gasteiger partial charge in [-0.1, -0.05) is 18.2 Å². The van der Waals surface area contributed by atoms with Gasteiger partial charge in [0.05, 0.1) is 18.9 Å².